The van der Waals surface area contributed by atoms with E-state index < -0.39 is 0 Å². The van der Waals surface area contributed by atoms with Crippen molar-refractivity contribution in [2.75, 3.05) is 6.54 Å². The van der Waals surface area contributed by atoms with Gasteiger partial charge in [-0.15, -0.1) is 0 Å². The van der Waals surface area contributed by atoms with Crippen LogP contribution >= 0.6 is 0 Å². The van der Waals surface area contributed by atoms with Crippen LogP contribution < -0.4 is 0 Å². The molecule has 0 fully saturated rings. The zero-order valence-corrected chi connectivity index (χ0v) is 6.47. The van der Waals surface area contributed by atoms with Crippen molar-refractivity contribution < 1.29 is 4.79 Å². The summed E-state index contributed by atoms with van der Waals surface area (Å²) in [6, 6.07) is 5.56. The lowest BCUT2D eigenvalue weighted by molar-refractivity contribution is -0.117. The Morgan fingerprint density at radius 3 is 2.92 bits per heavy atom. The molecule has 1 aromatic rings. The molecular formula is C9H8N2O. The van der Waals surface area contributed by atoms with E-state index in [1.807, 2.05) is 18.2 Å². The Bertz CT molecular complexity index is 319. The third kappa shape index (κ3) is 1.13. The van der Waals surface area contributed by atoms with Crippen molar-refractivity contribution in [3.8, 4) is 0 Å². The fraction of sp³-hybridized carbons (Fsp3) is 0.222. The summed E-state index contributed by atoms with van der Waals surface area (Å²) in [5.74, 6) is -0.0695. The Kier molecular flexibility index (Phi) is 1.70. The summed E-state index contributed by atoms with van der Waals surface area (Å²) >= 11 is 0. The van der Waals surface area contributed by atoms with E-state index in [1.54, 1.807) is 12.4 Å². The molecule has 0 amide bonds. The highest BCUT2D eigenvalue weighted by Crippen LogP contribution is 2.15. The predicted molar refractivity (Wildman–Crippen MR) is 45.3 cm³/mol. The smallest absolute Gasteiger partial charge is 0.168 e. The van der Waals surface area contributed by atoms with Crippen LogP contribution in [0.15, 0.2) is 29.4 Å². The number of pyridine rings is 1. The molecule has 2 heterocycles. The van der Waals surface area contributed by atoms with Crippen molar-refractivity contribution in [1.82, 2.24) is 4.98 Å². The van der Waals surface area contributed by atoms with Gasteiger partial charge in [-0.05, 0) is 12.1 Å². The van der Waals surface area contributed by atoms with Gasteiger partial charge < -0.3 is 0 Å². The first-order chi connectivity index (χ1) is 5.88. The fourth-order valence-corrected chi connectivity index (χ4v) is 1.23. The summed E-state index contributed by atoms with van der Waals surface area (Å²) in [5.41, 5.74) is 0.795. The molecule has 0 aliphatic carbocycles. The monoisotopic (exact) mass is 160 g/mol. The lowest BCUT2D eigenvalue weighted by atomic mass is 10.0. The highest BCUT2D eigenvalue weighted by atomic mass is 16.1. The number of aliphatic imine (C=N–C) groups is 1. The van der Waals surface area contributed by atoms with Crippen molar-refractivity contribution >= 4 is 12.0 Å². The molecule has 1 aliphatic heterocycles. The van der Waals surface area contributed by atoms with Crippen molar-refractivity contribution in [2.24, 2.45) is 4.99 Å². The third-order valence-corrected chi connectivity index (χ3v) is 1.85. The Morgan fingerprint density at radius 2 is 2.33 bits per heavy atom. The van der Waals surface area contributed by atoms with Gasteiger partial charge in [-0.1, -0.05) is 6.07 Å². The maximum absolute atomic E-state index is 11.2. The Hall–Kier alpha value is -1.51. The van der Waals surface area contributed by atoms with Crippen LogP contribution in [0.25, 0.3) is 0 Å². The molecule has 1 aliphatic rings. The van der Waals surface area contributed by atoms with Gasteiger partial charge >= 0.3 is 0 Å². The van der Waals surface area contributed by atoms with E-state index in [1.165, 1.54) is 0 Å². The predicted octanol–water partition coefficient (Wildman–Crippen LogP) is 0.819. The first-order valence-electron chi connectivity index (χ1n) is 3.81. The molecule has 0 N–H and O–H groups in total. The summed E-state index contributed by atoms with van der Waals surface area (Å²) in [7, 11) is 0. The zero-order valence-electron chi connectivity index (χ0n) is 6.47. The lowest BCUT2D eigenvalue weighted by Gasteiger charge is -2.02. The van der Waals surface area contributed by atoms with Crippen molar-refractivity contribution in [3.05, 3.63) is 30.1 Å². The van der Waals surface area contributed by atoms with Crippen LogP contribution in [0.5, 0.6) is 0 Å². The normalized spacial score (nSPS) is 21.7. The van der Waals surface area contributed by atoms with Gasteiger partial charge in [0.2, 0.25) is 0 Å². The molecule has 0 unspecified atom stereocenters. The van der Waals surface area contributed by atoms with Crippen LogP contribution in [0.2, 0.25) is 0 Å². The molecule has 0 bridgehead atoms. The van der Waals surface area contributed by atoms with E-state index in [-0.39, 0.29) is 11.7 Å². The Balaban J connectivity index is 2.31. The first kappa shape index (κ1) is 7.16. The molecule has 1 aromatic heterocycles. The van der Waals surface area contributed by atoms with Gasteiger partial charge in [0.05, 0.1) is 18.2 Å². The molecule has 0 saturated heterocycles. The Labute approximate surface area is 70.2 Å². The van der Waals surface area contributed by atoms with Crippen LogP contribution in [-0.2, 0) is 4.79 Å². The zero-order chi connectivity index (χ0) is 8.39. The molecule has 12 heavy (non-hydrogen) atoms. The minimum absolute atomic E-state index is 0.133. The van der Waals surface area contributed by atoms with Gasteiger partial charge in [0.15, 0.2) is 5.78 Å². The molecule has 2 rings (SSSR count). The molecule has 0 radical (unpaired) electrons. The molecule has 60 valence electrons. The summed E-state index contributed by atoms with van der Waals surface area (Å²) < 4.78 is 0. The topological polar surface area (TPSA) is 42.3 Å². The van der Waals surface area contributed by atoms with E-state index >= 15 is 0 Å². The average molecular weight is 160 g/mol. The largest absolute Gasteiger partial charge is 0.296 e. The number of carbonyl (C=O) groups is 1. The Morgan fingerprint density at radius 1 is 1.42 bits per heavy atom. The van der Waals surface area contributed by atoms with E-state index in [0.29, 0.717) is 6.54 Å². The maximum atomic E-state index is 11.2. The van der Waals surface area contributed by atoms with Crippen LogP contribution in [0.4, 0.5) is 0 Å². The number of carbonyl (C=O) groups excluding carboxylic acids is 1. The number of rotatable bonds is 1. The maximum Gasteiger partial charge on any atom is 0.168 e. The van der Waals surface area contributed by atoms with Crippen LogP contribution in [0.3, 0.4) is 0 Å². The van der Waals surface area contributed by atoms with Gasteiger partial charge in [-0.2, -0.15) is 0 Å². The number of hydrogen-bond donors (Lipinski definition) is 0. The van der Waals surface area contributed by atoms with Crippen molar-refractivity contribution in [2.45, 2.75) is 5.92 Å². The number of hydrogen-bond acceptors (Lipinski definition) is 3. The molecule has 1 atom stereocenters. The van der Waals surface area contributed by atoms with E-state index in [4.69, 9.17) is 0 Å². The highest BCUT2D eigenvalue weighted by Gasteiger charge is 2.22. The SMILES string of the molecule is O=C1CN=C[C@@H]1c1ccccn1. The summed E-state index contributed by atoms with van der Waals surface area (Å²) in [5, 5.41) is 0. The second-order valence-corrected chi connectivity index (χ2v) is 2.69. The summed E-state index contributed by atoms with van der Waals surface area (Å²) in [4.78, 5) is 19.2. The van der Waals surface area contributed by atoms with E-state index in [2.05, 4.69) is 9.98 Å². The quantitative estimate of drug-likeness (QED) is 0.610. The lowest BCUT2D eigenvalue weighted by Crippen LogP contribution is -2.11. The second-order valence-electron chi connectivity index (χ2n) is 2.69. The van der Waals surface area contributed by atoms with Crippen LogP contribution in [0, 0.1) is 0 Å². The molecule has 3 nitrogen and oxygen atoms in total. The van der Waals surface area contributed by atoms with Crippen molar-refractivity contribution in [3.63, 3.8) is 0 Å². The second kappa shape index (κ2) is 2.85. The van der Waals surface area contributed by atoms with E-state index in [0.717, 1.165) is 5.69 Å². The molecule has 3 heteroatoms. The first-order valence-corrected chi connectivity index (χ1v) is 3.81. The summed E-state index contributed by atoms with van der Waals surface area (Å²) in [6.07, 6.45) is 3.36. The standard InChI is InChI=1S/C9H8N2O/c12-9-6-10-5-7(9)8-3-1-2-4-11-8/h1-5,7H,6H2/t7-/m1/s1. The summed E-state index contributed by atoms with van der Waals surface area (Å²) in [6.45, 7) is 0.307. The molecule has 0 aromatic carbocycles. The minimum atomic E-state index is -0.203. The third-order valence-electron chi connectivity index (χ3n) is 1.85. The molecular weight excluding hydrogens is 152 g/mol. The number of Topliss-reactive ketones (excluding diaryl/α,β-unsaturated/α-hetero) is 1. The van der Waals surface area contributed by atoms with Gasteiger partial charge in [-0.3, -0.25) is 14.8 Å². The van der Waals surface area contributed by atoms with Gasteiger partial charge in [0.25, 0.3) is 0 Å². The highest BCUT2D eigenvalue weighted by molar-refractivity contribution is 6.05. The number of ketones is 1. The number of nitrogens with zero attached hydrogens (tertiary/aromatic N) is 2. The van der Waals surface area contributed by atoms with E-state index in [9.17, 15) is 4.79 Å². The number of aromatic nitrogens is 1. The van der Waals surface area contributed by atoms with Crippen molar-refractivity contribution in [1.29, 1.82) is 0 Å². The van der Waals surface area contributed by atoms with Crippen LogP contribution in [0.1, 0.15) is 11.6 Å². The molecule has 0 saturated carbocycles. The minimum Gasteiger partial charge on any atom is -0.296 e. The average Bonchev–Trinajstić information content (AvgIpc) is 2.53. The molecule has 0 spiro atoms. The van der Waals surface area contributed by atoms with Gasteiger partial charge in [-0.25, -0.2) is 0 Å². The fourth-order valence-electron chi connectivity index (χ4n) is 1.23. The van der Waals surface area contributed by atoms with Gasteiger partial charge in [0, 0.05) is 12.4 Å². The van der Waals surface area contributed by atoms with Crippen LogP contribution in [-0.4, -0.2) is 23.5 Å². The van der Waals surface area contributed by atoms with Gasteiger partial charge in [0.1, 0.15) is 0 Å².